The number of alkyl halides is 1. The predicted molar refractivity (Wildman–Crippen MR) is 74.9 cm³/mol. The van der Waals surface area contributed by atoms with Gasteiger partial charge in [0.1, 0.15) is 12.7 Å². The Hall–Kier alpha value is -1.70. The minimum atomic E-state index is -0.646. The maximum Gasteiger partial charge on any atom is 0.125 e. The van der Waals surface area contributed by atoms with Crippen LogP contribution in [0.3, 0.4) is 0 Å². The molecule has 1 rings (SSSR count). The van der Waals surface area contributed by atoms with E-state index in [1.807, 2.05) is 6.07 Å². The summed E-state index contributed by atoms with van der Waals surface area (Å²) >= 11 is 5.96. The fourth-order valence-electron chi connectivity index (χ4n) is 1.55. The van der Waals surface area contributed by atoms with Gasteiger partial charge in [-0.3, -0.25) is 4.99 Å². The zero-order valence-corrected chi connectivity index (χ0v) is 11.2. The summed E-state index contributed by atoms with van der Waals surface area (Å²) in [6.45, 7) is 1.00. The van der Waals surface area contributed by atoms with Crippen LogP contribution in [0.1, 0.15) is 24.5 Å². The lowest BCUT2D eigenvalue weighted by atomic mass is 10.00. The van der Waals surface area contributed by atoms with Gasteiger partial charge >= 0.3 is 0 Å². The van der Waals surface area contributed by atoms with E-state index in [1.54, 1.807) is 25.1 Å². The first-order valence-electron chi connectivity index (χ1n) is 5.73. The van der Waals surface area contributed by atoms with Gasteiger partial charge in [0.05, 0.1) is 16.7 Å². The molecule has 0 aromatic heterocycles. The first-order valence-corrected chi connectivity index (χ1v) is 6.11. The summed E-state index contributed by atoms with van der Waals surface area (Å²) in [7, 11) is 0. The molecular formula is C14H14ClFN2O. The second kappa shape index (κ2) is 7.67. The molecule has 0 heterocycles. The molecule has 5 heteroatoms. The zero-order chi connectivity index (χ0) is 14.3. The standard InChI is InChI=1S/C14H14ClFN2O/c1-10(19)6-13(9-18-5-4-16)11-2-3-12(8-17)14(15)7-11/h2-3,5,7,9-10,19H,4,6H2,1H3/b13-9+,18-5?. The van der Waals surface area contributed by atoms with Gasteiger partial charge in [-0.1, -0.05) is 17.7 Å². The number of hydrogen-bond acceptors (Lipinski definition) is 3. The highest BCUT2D eigenvalue weighted by atomic mass is 35.5. The Morgan fingerprint density at radius 1 is 1.63 bits per heavy atom. The Morgan fingerprint density at radius 3 is 2.89 bits per heavy atom. The van der Waals surface area contributed by atoms with Crippen molar-refractivity contribution in [3.8, 4) is 6.07 Å². The first kappa shape index (κ1) is 15.4. The minimum absolute atomic E-state index is 0.339. The third kappa shape index (κ3) is 4.82. The van der Waals surface area contributed by atoms with Gasteiger partial charge in [-0.05, 0) is 30.2 Å². The maximum absolute atomic E-state index is 12.0. The molecule has 1 unspecified atom stereocenters. The number of halogens is 2. The lowest BCUT2D eigenvalue weighted by Gasteiger charge is -2.10. The molecule has 1 atom stereocenters. The van der Waals surface area contributed by atoms with E-state index < -0.39 is 12.8 Å². The molecule has 0 aliphatic carbocycles. The molecule has 19 heavy (non-hydrogen) atoms. The molecule has 1 aromatic rings. The van der Waals surface area contributed by atoms with Crippen LogP contribution in [0.2, 0.25) is 5.02 Å². The van der Waals surface area contributed by atoms with Crippen LogP contribution >= 0.6 is 11.6 Å². The van der Waals surface area contributed by atoms with Crippen molar-refractivity contribution in [3.05, 3.63) is 40.5 Å². The number of nitrogens with zero attached hydrogens (tertiary/aromatic N) is 2. The summed E-state index contributed by atoms with van der Waals surface area (Å²) in [5.74, 6) is 0. The van der Waals surface area contributed by atoms with Crippen molar-refractivity contribution < 1.29 is 9.50 Å². The summed E-state index contributed by atoms with van der Waals surface area (Å²) < 4.78 is 12.0. The maximum atomic E-state index is 12.0. The highest BCUT2D eigenvalue weighted by molar-refractivity contribution is 6.31. The Balaban J connectivity index is 3.11. The van der Waals surface area contributed by atoms with Gasteiger partial charge in [-0.25, -0.2) is 4.39 Å². The van der Waals surface area contributed by atoms with Crippen LogP contribution in [0.4, 0.5) is 4.39 Å². The third-order valence-corrected chi connectivity index (χ3v) is 2.69. The van der Waals surface area contributed by atoms with E-state index in [0.717, 1.165) is 17.4 Å². The van der Waals surface area contributed by atoms with E-state index >= 15 is 0 Å². The second-order valence-electron chi connectivity index (χ2n) is 4.00. The molecular weight excluding hydrogens is 267 g/mol. The molecule has 0 amide bonds. The van der Waals surface area contributed by atoms with Gasteiger partial charge in [0.25, 0.3) is 0 Å². The van der Waals surface area contributed by atoms with Crippen molar-refractivity contribution in [1.82, 2.24) is 0 Å². The molecule has 0 radical (unpaired) electrons. The normalized spacial score (nSPS) is 13.5. The van der Waals surface area contributed by atoms with Crippen molar-refractivity contribution in [2.45, 2.75) is 19.4 Å². The van der Waals surface area contributed by atoms with Gasteiger partial charge < -0.3 is 5.11 Å². The highest BCUT2D eigenvalue weighted by Gasteiger charge is 2.08. The molecule has 0 bridgehead atoms. The Morgan fingerprint density at radius 2 is 2.37 bits per heavy atom. The summed E-state index contributed by atoms with van der Waals surface area (Å²) in [5, 5.41) is 18.6. The van der Waals surface area contributed by atoms with E-state index in [1.165, 1.54) is 6.20 Å². The van der Waals surface area contributed by atoms with Crippen molar-refractivity contribution in [2.75, 3.05) is 6.67 Å². The van der Waals surface area contributed by atoms with Gasteiger partial charge in [-0.15, -0.1) is 0 Å². The molecule has 0 spiro atoms. The van der Waals surface area contributed by atoms with Crippen molar-refractivity contribution >= 4 is 23.4 Å². The average Bonchev–Trinajstić information content (AvgIpc) is 2.37. The number of aliphatic hydroxyl groups excluding tert-OH is 1. The first-order chi connectivity index (χ1) is 9.08. The van der Waals surface area contributed by atoms with Gasteiger partial charge in [0.15, 0.2) is 0 Å². The van der Waals surface area contributed by atoms with Crippen LogP contribution in [0.25, 0.3) is 5.57 Å². The Bertz CT molecular complexity index is 533. The van der Waals surface area contributed by atoms with E-state index in [0.29, 0.717) is 17.0 Å². The van der Waals surface area contributed by atoms with Crippen molar-refractivity contribution in [2.24, 2.45) is 4.99 Å². The van der Waals surface area contributed by atoms with Gasteiger partial charge in [-0.2, -0.15) is 5.26 Å². The quantitative estimate of drug-likeness (QED) is 0.841. The molecule has 0 saturated carbocycles. The zero-order valence-electron chi connectivity index (χ0n) is 10.5. The number of aliphatic imine (C=N–C) groups is 1. The van der Waals surface area contributed by atoms with Gasteiger partial charge in [0, 0.05) is 18.8 Å². The summed E-state index contributed by atoms with van der Waals surface area (Å²) in [6, 6.07) is 6.94. The van der Waals surface area contributed by atoms with E-state index in [4.69, 9.17) is 16.9 Å². The molecule has 1 aromatic carbocycles. The fraction of sp³-hybridized carbons (Fsp3) is 0.286. The smallest absolute Gasteiger partial charge is 0.125 e. The molecule has 0 aliphatic heterocycles. The van der Waals surface area contributed by atoms with E-state index in [2.05, 4.69) is 4.99 Å². The number of benzene rings is 1. The molecule has 3 nitrogen and oxygen atoms in total. The molecule has 1 N–H and O–H groups in total. The van der Waals surface area contributed by atoms with Crippen molar-refractivity contribution in [1.29, 1.82) is 5.26 Å². The number of aliphatic hydroxyl groups is 1. The Kier molecular flexibility index (Phi) is 6.20. The SMILES string of the molecule is CC(O)C/C(=C\N=CCF)c1ccc(C#N)c(Cl)c1. The number of hydrogen-bond donors (Lipinski definition) is 1. The monoisotopic (exact) mass is 280 g/mol. The molecule has 0 saturated heterocycles. The van der Waals surface area contributed by atoms with Crippen LogP contribution in [-0.4, -0.2) is 24.1 Å². The topological polar surface area (TPSA) is 56.4 Å². The summed E-state index contributed by atoms with van der Waals surface area (Å²) in [5.41, 5.74) is 1.86. The molecule has 100 valence electrons. The summed E-state index contributed by atoms with van der Waals surface area (Å²) in [6.07, 6.45) is 2.43. The summed E-state index contributed by atoms with van der Waals surface area (Å²) in [4.78, 5) is 3.81. The molecule has 0 fully saturated rings. The average molecular weight is 281 g/mol. The largest absolute Gasteiger partial charge is 0.393 e. The minimum Gasteiger partial charge on any atom is -0.393 e. The third-order valence-electron chi connectivity index (χ3n) is 2.38. The van der Waals surface area contributed by atoms with Crippen LogP contribution in [-0.2, 0) is 0 Å². The van der Waals surface area contributed by atoms with Crippen molar-refractivity contribution in [3.63, 3.8) is 0 Å². The molecule has 0 aliphatic rings. The Labute approximate surface area is 116 Å². The fourth-order valence-corrected chi connectivity index (χ4v) is 1.77. The number of rotatable bonds is 5. The van der Waals surface area contributed by atoms with Crippen LogP contribution in [0, 0.1) is 11.3 Å². The van der Waals surface area contributed by atoms with Crippen LogP contribution in [0.15, 0.2) is 29.4 Å². The lowest BCUT2D eigenvalue weighted by molar-refractivity contribution is 0.201. The van der Waals surface area contributed by atoms with Crippen LogP contribution < -0.4 is 0 Å². The van der Waals surface area contributed by atoms with Crippen LogP contribution in [0.5, 0.6) is 0 Å². The lowest BCUT2D eigenvalue weighted by Crippen LogP contribution is -2.01. The number of nitriles is 1. The highest BCUT2D eigenvalue weighted by Crippen LogP contribution is 2.25. The second-order valence-corrected chi connectivity index (χ2v) is 4.41. The predicted octanol–water partition coefficient (Wildman–Crippen LogP) is 3.36. The van der Waals surface area contributed by atoms with Gasteiger partial charge in [0.2, 0.25) is 0 Å². The van der Waals surface area contributed by atoms with E-state index in [9.17, 15) is 9.50 Å². The van der Waals surface area contributed by atoms with E-state index in [-0.39, 0.29) is 0 Å².